The van der Waals surface area contributed by atoms with Crippen LogP contribution < -0.4 is 4.74 Å². The lowest BCUT2D eigenvalue weighted by Gasteiger charge is -2.39. The number of hydrogen-bond donors (Lipinski definition) is 0. The molecular formula is C20H23BrO4. The van der Waals surface area contributed by atoms with Crippen LogP contribution in [0.25, 0.3) is 10.8 Å². The summed E-state index contributed by atoms with van der Waals surface area (Å²) in [5.41, 5.74) is 0. The predicted octanol–water partition coefficient (Wildman–Crippen LogP) is 5.07. The highest BCUT2D eigenvalue weighted by Crippen LogP contribution is 2.32. The molecule has 3 rings (SSSR count). The standard InChI is InChI=1S/C20H23BrO4/c1-4-17-9-12(2)19(23-13(3)22)20(24-17)25-18-8-6-14-10-16(21)7-5-15(14)11-18/h5-8,10-12,17,19-20H,4,9H2,1-3H3/t12?,17?,19?,20-/m1/s1. The third-order valence-electron chi connectivity index (χ3n) is 4.57. The molecule has 1 aliphatic rings. The van der Waals surface area contributed by atoms with Gasteiger partial charge in [0.25, 0.3) is 0 Å². The van der Waals surface area contributed by atoms with Crippen LogP contribution in [0.4, 0.5) is 0 Å². The molecular weight excluding hydrogens is 384 g/mol. The normalized spacial score (nSPS) is 26.4. The van der Waals surface area contributed by atoms with E-state index in [2.05, 4.69) is 35.8 Å². The smallest absolute Gasteiger partial charge is 0.303 e. The monoisotopic (exact) mass is 406 g/mol. The van der Waals surface area contributed by atoms with Crippen molar-refractivity contribution in [1.82, 2.24) is 0 Å². The van der Waals surface area contributed by atoms with Crippen molar-refractivity contribution >= 4 is 32.7 Å². The molecule has 0 spiro atoms. The van der Waals surface area contributed by atoms with Gasteiger partial charge in [0, 0.05) is 17.3 Å². The molecule has 0 radical (unpaired) electrons. The van der Waals surface area contributed by atoms with Gasteiger partial charge >= 0.3 is 5.97 Å². The maximum atomic E-state index is 11.5. The van der Waals surface area contributed by atoms with Crippen LogP contribution in [0.15, 0.2) is 40.9 Å². The molecule has 5 heteroatoms. The molecule has 0 aliphatic carbocycles. The first-order valence-corrected chi connectivity index (χ1v) is 9.44. The van der Waals surface area contributed by atoms with E-state index in [0.717, 1.165) is 28.1 Å². The number of ether oxygens (including phenoxy) is 3. The molecule has 0 saturated carbocycles. The van der Waals surface area contributed by atoms with Crippen LogP contribution >= 0.6 is 15.9 Å². The molecule has 25 heavy (non-hydrogen) atoms. The van der Waals surface area contributed by atoms with E-state index in [-0.39, 0.29) is 18.0 Å². The molecule has 0 N–H and O–H groups in total. The van der Waals surface area contributed by atoms with Crippen LogP contribution in [0.5, 0.6) is 5.75 Å². The van der Waals surface area contributed by atoms with Crippen molar-refractivity contribution in [2.75, 3.05) is 0 Å². The van der Waals surface area contributed by atoms with Crippen molar-refractivity contribution in [2.45, 2.75) is 52.1 Å². The lowest BCUT2D eigenvalue weighted by atomic mass is 9.92. The number of rotatable bonds is 4. The van der Waals surface area contributed by atoms with Crippen molar-refractivity contribution in [2.24, 2.45) is 5.92 Å². The van der Waals surface area contributed by atoms with Crippen LogP contribution in [0, 0.1) is 5.92 Å². The Morgan fingerprint density at radius 1 is 1.24 bits per heavy atom. The average Bonchev–Trinajstić information content (AvgIpc) is 2.57. The van der Waals surface area contributed by atoms with Gasteiger partial charge in [-0.2, -0.15) is 0 Å². The fourth-order valence-electron chi connectivity index (χ4n) is 3.26. The van der Waals surface area contributed by atoms with Crippen LogP contribution in [-0.4, -0.2) is 24.5 Å². The van der Waals surface area contributed by atoms with E-state index in [1.165, 1.54) is 6.92 Å². The Kier molecular flexibility index (Phi) is 5.64. The summed E-state index contributed by atoms with van der Waals surface area (Å²) in [4.78, 5) is 11.5. The van der Waals surface area contributed by atoms with Gasteiger partial charge in [-0.15, -0.1) is 0 Å². The quantitative estimate of drug-likeness (QED) is 0.664. The van der Waals surface area contributed by atoms with E-state index in [1.807, 2.05) is 30.3 Å². The highest BCUT2D eigenvalue weighted by molar-refractivity contribution is 9.10. The first-order chi connectivity index (χ1) is 12.0. The molecule has 2 aromatic rings. The summed E-state index contributed by atoms with van der Waals surface area (Å²) in [5.74, 6) is 0.581. The number of carbonyl (C=O) groups excluding carboxylic acids is 1. The van der Waals surface area contributed by atoms with Gasteiger partial charge in [-0.25, -0.2) is 0 Å². The summed E-state index contributed by atoms with van der Waals surface area (Å²) in [5, 5.41) is 2.21. The summed E-state index contributed by atoms with van der Waals surface area (Å²) in [7, 11) is 0. The Morgan fingerprint density at radius 2 is 1.96 bits per heavy atom. The first kappa shape index (κ1) is 18.2. The number of fused-ring (bicyclic) bond motifs is 1. The lowest BCUT2D eigenvalue weighted by Crippen LogP contribution is -2.49. The number of hydrogen-bond acceptors (Lipinski definition) is 4. The van der Waals surface area contributed by atoms with Gasteiger partial charge in [-0.1, -0.05) is 41.9 Å². The second-order valence-corrected chi connectivity index (χ2v) is 7.51. The van der Waals surface area contributed by atoms with Crippen LogP contribution in [-0.2, 0) is 14.3 Å². The third-order valence-corrected chi connectivity index (χ3v) is 5.07. The molecule has 0 amide bonds. The molecule has 3 unspecified atom stereocenters. The SMILES string of the molecule is CCC1CC(C)C(OC(C)=O)[C@@H](Oc2ccc3cc(Br)ccc3c2)O1. The maximum absolute atomic E-state index is 11.5. The highest BCUT2D eigenvalue weighted by Gasteiger charge is 2.39. The Balaban J connectivity index is 1.84. The Morgan fingerprint density at radius 3 is 2.68 bits per heavy atom. The van der Waals surface area contributed by atoms with E-state index in [1.54, 1.807) is 0 Å². The van der Waals surface area contributed by atoms with Gasteiger partial charge in [-0.05, 0) is 47.9 Å². The molecule has 1 aliphatic heterocycles. The molecule has 1 saturated heterocycles. The molecule has 0 bridgehead atoms. The topological polar surface area (TPSA) is 44.8 Å². The van der Waals surface area contributed by atoms with Gasteiger partial charge < -0.3 is 14.2 Å². The van der Waals surface area contributed by atoms with Crippen LogP contribution in [0.2, 0.25) is 0 Å². The van der Waals surface area contributed by atoms with Gasteiger partial charge in [0.2, 0.25) is 6.29 Å². The van der Waals surface area contributed by atoms with E-state index in [0.29, 0.717) is 5.75 Å². The lowest BCUT2D eigenvalue weighted by molar-refractivity contribution is -0.230. The predicted molar refractivity (Wildman–Crippen MR) is 101 cm³/mol. The van der Waals surface area contributed by atoms with Gasteiger partial charge in [0.1, 0.15) is 5.75 Å². The average molecular weight is 407 g/mol. The zero-order valence-electron chi connectivity index (χ0n) is 14.7. The number of halogens is 1. The molecule has 1 fully saturated rings. The molecule has 4 atom stereocenters. The second-order valence-electron chi connectivity index (χ2n) is 6.59. The number of benzene rings is 2. The minimum atomic E-state index is -0.592. The molecule has 0 aromatic heterocycles. The largest absolute Gasteiger partial charge is 0.461 e. The van der Waals surface area contributed by atoms with E-state index in [9.17, 15) is 4.79 Å². The highest BCUT2D eigenvalue weighted by atomic mass is 79.9. The Labute approximate surface area is 156 Å². The van der Waals surface area contributed by atoms with E-state index < -0.39 is 12.4 Å². The summed E-state index contributed by atoms with van der Waals surface area (Å²) >= 11 is 3.48. The maximum Gasteiger partial charge on any atom is 0.303 e. The summed E-state index contributed by atoms with van der Waals surface area (Å²) in [6.07, 6.45) is 0.887. The minimum Gasteiger partial charge on any atom is -0.461 e. The van der Waals surface area contributed by atoms with Gasteiger partial charge in [0.05, 0.1) is 6.10 Å². The van der Waals surface area contributed by atoms with Crippen LogP contribution in [0.3, 0.4) is 0 Å². The fraction of sp³-hybridized carbons (Fsp3) is 0.450. The zero-order chi connectivity index (χ0) is 18.0. The Bertz CT molecular complexity index is 760. The summed E-state index contributed by atoms with van der Waals surface area (Å²) in [6.45, 7) is 5.59. The number of carbonyl (C=O) groups is 1. The van der Waals surface area contributed by atoms with E-state index in [4.69, 9.17) is 14.2 Å². The van der Waals surface area contributed by atoms with Crippen molar-refractivity contribution in [1.29, 1.82) is 0 Å². The first-order valence-electron chi connectivity index (χ1n) is 8.65. The molecule has 1 heterocycles. The number of esters is 1. The third kappa shape index (κ3) is 4.33. The summed E-state index contributed by atoms with van der Waals surface area (Å²) < 4.78 is 18.7. The van der Waals surface area contributed by atoms with Crippen molar-refractivity contribution < 1.29 is 19.0 Å². The second kappa shape index (κ2) is 7.75. The van der Waals surface area contributed by atoms with E-state index >= 15 is 0 Å². The van der Waals surface area contributed by atoms with Crippen LogP contribution in [0.1, 0.15) is 33.6 Å². The molecule has 134 valence electrons. The molecule has 4 nitrogen and oxygen atoms in total. The zero-order valence-corrected chi connectivity index (χ0v) is 16.3. The summed E-state index contributed by atoms with van der Waals surface area (Å²) in [6, 6.07) is 12.0. The molecule has 2 aromatic carbocycles. The minimum absolute atomic E-state index is 0.114. The van der Waals surface area contributed by atoms with Gasteiger partial charge in [0.15, 0.2) is 6.10 Å². The fourth-order valence-corrected chi connectivity index (χ4v) is 3.64. The van der Waals surface area contributed by atoms with Crippen molar-refractivity contribution in [3.8, 4) is 5.75 Å². The van der Waals surface area contributed by atoms with Crippen molar-refractivity contribution in [3.05, 3.63) is 40.9 Å². The Hall–Kier alpha value is -1.59. The van der Waals surface area contributed by atoms with Gasteiger partial charge in [-0.3, -0.25) is 4.79 Å². The van der Waals surface area contributed by atoms with Crippen molar-refractivity contribution in [3.63, 3.8) is 0 Å².